The van der Waals surface area contributed by atoms with Crippen LogP contribution in [0, 0.1) is 17.3 Å². The van der Waals surface area contributed by atoms with E-state index >= 15 is 0 Å². The van der Waals surface area contributed by atoms with Crippen LogP contribution < -0.4 is 0 Å². The monoisotopic (exact) mass is 296 g/mol. The first-order valence-electron chi connectivity index (χ1n) is 6.46. The molecule has 0 rings (SSSR count). The summed E-state index contributed by atoms with van der Waals surface area (Å²) in [5.41, 5.74) is -2.25. The van der Waals surface area contributed by atoms with Crippen molar-refractivity contribution in [1.29, 1.82) is 0 Å². The number of carbonyl (C=O) groups is 6. The minimum atomic E-state index is -2.25. The van der Waals surface area contributed by atoms with Crippen LogP contribution in [0.2, 0.25) is 0 Å². The quantitative estimate of drug-likeness (QED) is 0.612. The summed E-state index contributed by atoms with van der Waals surface area (Å²) >= 11 is 0. The molecular weight excluding hydrogens is 276 g/mol. The molecule has 0 aromatic rings. The van der Waals surface area contributed by atoms with E-state index < -0.39 is 52.0 Å². The first-order chi connectivity index (χ1) is 9.42. The first kappa shape index (κ1) is 19.0. The van der Waals surface area contributed by atoms with Gasteiger partial charge in [0.1, 0.15) is 40.1 Å². The van der Waals surface area contributed by atoms with Gasteiger partial charge in [-0.15, -0.1) is 0 Å². The van der Waals surface area contributed by atoms with Crippen LogP contribution in [0.1, 0.15) is 41.5 Å². The van der Waals surface area contributed by atoms with Gasteiger partial charge in [-0.2, -0.15) is 0 Å². The number of carbonyl (C=O) groups excluding carboxylic acids is 6. The van der Waals surface area contributed by atoms with Crippen LogP contribution in [0.5, 0.6) is 0 Å². The third-order valence-electron chi connectivity index (χ3n) is 3.70. The highest BCUT2D eigenvalue weighted by Gasteiger charge is 2.59. The molecule has 0 N–H and O–H groups in total. The molecule has 0 heterocycles. The fourth-order valence-electron chi connectivity index (χ4n) is 3.08. The molecule has 21 heavy (non-hydrogen) atoms. The van der Waals surface area contributed by atoms with E-state index in [0.29, 0.717) is 0 Å². The highest BCUT2D eigenvalue weighted by Crippen LogP contribution is 2.41. The van der Waals surface area contributed by atoms with Crippen LogP contribution in [-0.4, -0.2) is 34.7 Å². The summed E-state index contributed by atoms with van der Waals surface area (Å²) in [6.45, 7) is 6.26. The molecule has 0 spiro atoms. The molecule has 116 valence electrons. The SMILES string of the molecule is CC(=O)C(C(C)=O)C(C(C)=O)(C(C)=O)C(C(C)=O)C(C)=O. The zero-order valence-corrected chi connectivity index (χ0v) is 13.1. The van der Waals surface area contributed by atoms with Gasteiger partial charge in [-0.3, -0.25) is 28.8 Å². The Bertz CT molecular complexity index is 452. The number of Topliss-reactive ketones (excluding diaryl/α,β-unsaturated/α-hetero) is 6. The Morgan fingerprint density at radius 2 is 0.714 bits per heavy atom. The van der Waals surface area contributed by atoms with E-state index in [1.807, 2.05) is 0 Å². The maximum absolute atomic E-state index is 12.2. The van der Waals surface area contributed by atoms with E-state index in [-0.39, 0.29) is 0 Å². The molecule has 0 aliphatic heterocycles. The molecule has 0 bridgehead atoms. The number of rotatable bonds is 8. The Kier molecular flexibility index (Phi) is 6.02. The molecule has 0 saturated heterocycles. The fraction of sp³-hybridized carbons (Fsp3) is 0.600. The normalized spacial score (nSPS) is 11.4. The van der Waals surface area contributed by atoms with E-state index in [1.54, 1.807) is 0 Å². The summed E-state index contributed by atoms with van der Waals surface area (Å²) in [6, 6.07) is 0. The Balaban J connectivity index is 6.77. The molecule has 0 amide bonds. The zero-order chi connectivity index (χ0) is 17.1. The minimum Gasteiger partial charge on any atom is -0.299 e. The van der Waals surface area contributed by atoms with Crippen LogP contribution in [0.25, 0.3) is 0 Å². The first-order valence-corrected chi connectivity index (χ1v) is 6.46. The standard InChI is InChI=1S/C15H20O6/c1-7(16)13(8(2)17)15(11(5)20,12(6)21)14(9(3)18)10(4)19/h13-14H,1-6H3. The number of ketones is 6. The zero-order valence-electron chi connectivity index (χ0n) is 13.1. The molecule has 6 nitrogen and oxygen atoms in total. The summed E-state index contributed by atoms with van der Waals surface area (Å²) < 4.78 is 0. The highest BCUT2D eigenvalue weighted by molar-refractivity contribution is 6.22. The minimum absolute atomic E-state index is 0.722. The third kappa shape index (κ3) is 3.20. The van der Waals surface area contributed by atoms with Gasteiger partial charge in [0.25, 0.3) is 0 Å². The molecule has 0 aromatic heterocycles. The van der Waals surface area contributed by atoms with Gasteiger partial charge in [0.05, 0.1) is 11.8 Å². The molecule has 0 atom stereocenters. The highest BCUT2D eigenvalue weighted by atomic mass is 16.2. The van der Waals surface area contributed by atoms with Gasteiger partial charge in [0, 0.05) is 0 Å². The predicted octanol–water partition coefficient (Wildman–Crippen LogP) is 0.739. The molecule has 0 aromatic carbocycles. The van der Waals surface area contributed by atoms with Gasteiger partial charge in [0.2, 0.25) is 0 Å². The molecule has 6 heteroatoms. The second-order valence-electron chi connectivity index (χ2n) is 5.29. The predicted molar refractivity (Wildman–Crippen MR) is 73.5 cm³/mol. The van der Waals surface area contributed by atoms with E-state index in [9.17, 15) is 28.8 Å². The van der Waals surface area contributed by atoms with E-state index in [0.717, 1.165) is 41.5 Å². The molecule has 0 fully saturated rings. The lowest BCUT2D eigenvalue weighted by Gasteiger charge is -2.38. The van der Waals surface area contributed by atoms with Crippen LogP contribution >= 0.6 is 0 Å². The lowest BCUT2D eigenvalue weighted by atomic mass is 9.57. The lowest BCUT2D eigenvalue weighted by molar-refractivity contribution is -0.162. The molecule has 0 aliphatic carbocycles. The second-order valence-corrected chi connectivity index (χ2v) is 5.29. The fourth-order valence-corrected chi connectivity index (χ4v) is 3.08. The summed E-state index contributed by atoms with van der Waals surface area (Å²) in [5.74, 6) is -7.82. The second kappa shape index (κ2) is 6.65. The molecule has 0 saturated carbocycles. The van der Waals surface area contributed by atoms with Crippen molar-refractivity contribution >= 4 is 34.7 Å². The largest absolute Gasteiger partial charge is 0.299 e. The van der Waals surface area contributed by atoms with Crippen molar-refractivity contribution in [2.24, 2.45) is 17.3 Å². The van der Waals surface area contributed by atoms with Gasteiger partial charge in [-0.05, 0) is 41.5 Å². The van der Waals surface area contributed by atoms with Crippen LogP contribution in [0.4, 0.5) is 0 Å². The number of hydrogen-bond donors (Lipinski definition) is 0. The van der Waals surface area contributed by atoms with E-state index in [1.165, 1.54) is 0 Å². The third-order valence-corrected chi connectivity index (χ3v) is 3.70. The topological polar surface area (TPSA) is 102 Å². The van der Waals surface area contributed by atoms with Crippen molar-refractivity contribution in [3.63, 3.8) is 0 Å². The summed E-state index contributed by atoms with van der Waals surface area (Å²) in [4.78, 5) is 71.7. The molecule has 0 unspecified atom stereocenters. The van der Waals surface area contributed by atoms with Crippen molar-refractivity contribution in [3.05, 3.63) is 0 Å². The van der Waals surface area contributed by atoms with Crippen molar-refractivity contribution in [1.82, 2.24) is 0 Å². The summed E-state index contributed by atoms with van der Waals surface area (Å²) in [6.07, 6.45) is 0. The van der Waals surface area contributed by atoms with E-state index in [2.05, 4.69) is 0 Å². The Morgan fingerprint density at radius 1 is 0.524 bits per heavy atom. The summed E-state index contributed by atoms with van der Waals surface area (Å²) in [5, 5.41) is 0. The van der Waals surface area contributed by atoms with Crippen LogP contribution in [-0.2, 0) is 28.8 Å². The number of hydrogen-bond acceptors (Lipinski definition) is 6. The van der Waals surface area contributed by atoms with Gasteiger partial charge < -0.3 is 0 Å². The maximum Gasteiger partial charge on any atom is 0.145 e. The Labute approximate surface area is 123 Å². The van der Waals surface area contributed by atoms with Crippen molar-refractivity contribution in [2.75, 3.05) is 0 Å². The van der Waals surface area contributed by atoms with Crippen molar-refractivity contribution < 1.29 is 28.8 Å². The average Bonchev–Trinajstić information content (AvgIpc) is 2.24. The maximum atomic E-state index is 12.2. The van der Waals surface area contributed by atoms with Crippen LogP contribution in [0.15, 0.2) is 0 Å². The molecule has 0 aliphatic rings. The van der Waals surface area contributed by atoms with Crippen molar-refractivity contribution in [2.45, 2.75) is 41.5 Å². The van der Waals surface area contributed by atoms with Gasteiger partial charge in [-0.25, -0.2) is 0 Å². The lowest BCUT2D eigenvalue weighted by Crippen LogP contribution is -2.57. The molecule has 0 radical (unpaired) electrons. The smallest absolute Gasteiger partial charge is 0.145 e. The van der Waals surface area contributed by atoms with Gasteiger partial charge >= 0.3 is 0 Å². The van der Waals surface area contributed by atoms with Crippen molar-refractivity contribution in [3.8, 4) is 0 Å². The summed E-state index contributed by atoms with van der Waals surface area (Å²) in [7, 11) is 0. The van der Waals surface area contributed by atoms with Crippen LogP contribution in [0.3, 0.4) is 0 Å². The molecular formula is C15H20O6. The Morgan fingerprint density at radius 3 is 0.810 bits per heavy atom. The average molecular weight is 296 g/mol. The van der Waals surface area contributed by atoms with Gasteiger partial charge in [0.15, 0.2) is 0 Å². The Hall–Kier alpha value is -1.98. The van der Waals surface area contributed by atoms with Gasteiger partial charge in [-0.1, -0.05) is 0 Å². The van der Waals surface area contributed by atoms with E-state index in [4.69, 9.17) is 0 Å².